The van der Waals surface area contributed by atoms with Crippen molar-refractivity contribution in [3.63, 3.8) is 0 Å². The van der Waals surface area contributed by atoms with Crippen LogP contribution in [0.5, 0.6) is 5.75 Å². The van der Waals surface area contributed by atoms with E-state index in [1.165, 1.54) is 6.07 Å². The van der Waals surface area contributed by atoms with Gasteiger partial charge < -0.3 is 14.1 Å². The Morgan fingerprint density at radius 1 is 1.15 bits per heavy atom. The fraction of sp³-hybridized carbons (Fsp3) is 0.238. The van der Waals surface area contributed by atoms with Crippen molar-refractivity contribution in [1.29, 1.82) is 0 Å². The highest BCUT2D eigenvalue weighted by molar-refractivity contribution is 8.00. The van der Waals surface area contributed by atoms with E-state index in [-0.39, 0.29) is 17.3 Å². The predicted molar refractivity (Wildman–Crippen MR) is 105 cm³/mol. The first-order valence-electron chi connectivity index (χ1n) is 8.89. The van der Waals surface area contributed by atoms with E-state index in [9.17, 15) is 9.59 Å². The van der Waals surface area contributed by atoms with Gasteiger partial charge in [0.2, 0.25) is 0 Å². The summed E-state index contributed by atoms with van der Waals surface area (Å²) in [6, 6.07) is 13.2. The van der Waals surface area contributed by atoms with Crippen LogP contribution < -0.4 is 15.3 Å². The SMILES string of the molecule is CCN1c2ccccc2SC2C(=O)Oc3cc4oc(=O)cc(C)c4cc3C21. The molecule has 5 rings (SSSR count). The van der Waals surface area contributed by atoms with Crippen molar-refractivity contribution >= 4 is 34.4 Å². The molecule has 0 saturated carbocycles. The molecule has 0 amide bonds. The summed E-state index contributed by atoms with van der Waals surface area (Å²) in [4.78, 5) is 27.8. The van der Waals surface area contributed by atoms with E-state index in [2.05, 4.69) is 17.9 Å². The standard InChI is InChI=1S/C21H17NO4S/c1-3-22-14-6-4-5-7-17(14)27-20-19(22)13-9-12-11(2)8-18(23)25-15(12)10-16(13)26-21(20)24/h4-10,19-20H,3H2,1-2H3. The Morgan fingerprint density at radius 3 is 2.78 bits per heavy atom. The average molecular weight is 379 g/mol. The number of carbonyl (C=O) groups is 1. The molecule has 0 radical (unpaired) electrons. The lowest BCUT2D eigenvalue weighted by atomic mass is 9.94. The predicted octanol–water partition coefficient (Wildman–Crippen LogP) is 4.06. The largest absolute Gasteiger partial charge is 0.425 e. The van der Waals surface area contributed by atoms with E-state index < -0.39 is 5.63 Å². The molecule has 2 aliphatic rings. The van der Waals surface area contributed by atoms with Crippen molar-refractivity contribution < 1.29 is 13.9 Å². The fourth-order valence-electron chi connectivity index (χ4n) is 4.03. The molecule has 0 fully saturated rings. The highest BCUT2D eigenvalue weighted by atomic mass is 32.2. The molecule has 2 atom stereocenters. The summed E-state index contributed by atoms with van der Waals surface area (Å²) < 4.78 is 11.0. The third-order valence-corrected chi connectivity index (χ3v) is 6.54. The molecule has 0 spiro atoms. The number of benzene rings is 2. The number of hydrogen-bond acceptors (Lipinski definition) is 6. The minimum atomic E-state index is -0.405. The summed E-state index contributed by atoms with van der Waals surface area (Å²) in [7, 11) is 0. The molecule has 27 heavy (non-hydrogen) atoms. The van der Waals surface area contributed by atoms with Gasteiger partial charge in [0.25, 0.3) is 0 Å². The Kier molecular flexibility index (Phi) is 3.59. The molecule has 5 nitrogen and oxygen atoms in total. The lowest BCUT2D eigenvalue weighted by Crippen LogP contribution is -2.46. The van der Waals surface area contributed by atoms with E-state index in [1.54, 1.807) is 17.8 Å². The van der Waals surface area contributed by atoms with E-state index in [1.807, 2.05) is 31.2 Å². The summed E-state index contributed by atoms with van der Waals surface area (Å²) in [5.41, 5.74) is 2.97. The smallest absolute Gasteiger partial charge is 0.336 e. The van der Waals surface area contributed by atoms with Gasteiger partial charge in [-0.1, -0.05) is 12.1 Å². The number of carbonyl (C=O) groups excluding carboxylic acids is 1. The number of esters is 1. The summed E-state index contributed by atoms with van der Waals surface area (Å²) >= 11 is 1.55. The van der Waals surface area contributed by atoms with Crippen molar-refractivity contribution in [2.24, 2.45) is 0 Å². The maximum absolute atomic E-state index is 12.8. The van der Waals surface area contributed by atoms with Gasteiger partial charge in [0.15, 0.2) is 0 Å². The fourth-order valence-corrected chi connectivity index (χ4v) is 5.34. The van der Waals surface area contributed by atoms with Gasteiger partial charge in [-0.15, -0.1) is 11.8 Å². The topological polar surface area (TPSA) is 59.8 Å². The molecule has 6 heteroatoms. The lowest BCUT2D eigenvalue weighted by molar-refractivity contribution is -0.135. The highest BCUT2D eigenvalue weighted by Gasteiger charge is 2.45. The van der Waals surface area contributed by atoms with Crippen LogP contribution in [0.25, 0.3) is 11.0 Å². The molecule has 1 aromatic heterocycles. The van der Waals surface area contributed by atoms with Crippen LogP contribution in [0.3, 0.4) is 0 Å². The van der Waals surface area contributed by atoms with Gasteiger partial charge in [-0.05, 0) is 37.6 Å². The molecule has 136 valence electrons. The molecule has 2 aliphatic heterocycles. The van der Waals surface area contributed by atoms with Crippen LogP contribution in [0.1, 0.15) is 24.1 Å². The summed E-state index contributed by atoms with van der Waals surface area (Å²) in [6.45, 7) is 4.75. The third kappa shape index (κ3) is 2.40. The monoisotopic (exact) mass is 379 g/mol. The summed E-state index contributed by atoms with van der Waals surface area (Å²) in [5.74, 6) is 0.209. The van der Waals surface area contributed by atoms with Gasteiger partial charge in [-0.2, -0.15) is 0 Å². The maximum Gasteiger partial charge on any atom is 0.336 e. The van der Waals surface area contributed by atoms with Gasteiger partial charge in [0, 0.05) is 34.5 Å². The zero-order valence-corrected chi connectivity index (χ0v) is 15.7. The van der Waals surface area contributed by atoms with Crippen LogP contribution in [-0.2, 0) is 4.79 Å². The minimum Gasteiger partial charge on any atom is -0.425 e. The van der Waals surface area contributed by atoms with Gasteiger partial charge in [-0.25, -0.2) is 4.79 Å². The van der Waals surface area contributed by atoms with Crippen molar-refractivity contribution in [1.82, 2.24) is 0 Å². The maximum atomic E-state index is 12.8. The zero-order chi connectivity index (χ0) is 18.7. The first-order chi connectivity index (χ1) is 13.1. The number of aryl methyl sites for hydroxylation is 1. The molecular weight excluding hydrogens is 362 g/mol. The lowest BCUT2D eigenvalue weighted by Gasteiger charge is -2.44. The Morgan fingerprint density at radius 2 is 1.96 bits per heavy atom. The second-order valence-electron chi connectivity index (χ2n) is 6.79. The van der Waals surface area contributed by atoms with Gasteiger partial charge in [0.1, 0.15) is 16.6 Å². The molecule has 0 aliphatic carbocycles. The average Bonchev–Trinajstić information content (AvgIpc) is 2.65. The Balaban J connectivity index is 1.77. The van der Waals surface area contributed by atoms with E-state index in [0.29, 0.717) is 11.3 Å². The molecule has 0 N–H and O–H groups in total. The molecule has 0 bridgehead atoms. The number of rotatable bonds is 1. The number of anilines is 1. The van der Waals surface area contributed by atoms with Crippen LogP contribution in [-0.4, -0.2) is 17.8 Å². The quantitative estimate of drug-likeness (QED) is 0.361. The van der Waals surface area contributed by atoms with E-state index in [4.69, 9.17) is 9.15 Å². The van der Waals surface area contributed by atoms with Crippen LogP contribution in [0.4, 0.5) is 5.69 Å². The number of para-hydroxylation sites is 1. The highest BCUT2D eigenvalue weighted by Crippen LogP contribution is 2.52. The van der Waals surface area contributed by atoms with Crippen molar-refractivity contribution in [3.05, 3.63) is 64.0 Å². The summed E-state index contributed by atoms with van der Waals surface area (Å²) in [6.07, 6.45) is 0. The van der Waals surface area contributed by atoms with Crippen LogP contribution >= 0.6 is 11.8 Å². The van der Waals surface area contributed by atoms with E-state index in [0.717, 1.165) is 33.6 Å². The first kappa shape index (κ1) is 16.4. The minimum absolute atomic E-state index is 0.123. The molecule has 2 unspecified atom stereocenters. The number of hydrogen-bond donors (Lipinski definition) is 0. The number of thioether (sulfide) groups is 1. The number of fused-ring (bicyclic) bond motifs is 5. The van der Waals surface area contributed by atoms with Crippen molar-refractivity contribution in [3.8, 4) is 5.75 Å². The van der Waals surface area contributed by atoms with Crippen molar-refractivity contribution in [2.75, 3.05) is 11.4 Å². The van der Waals surface area contributed by atoms with Crippen molar-refractivity contribution in [2.45, 2.75) is 30.0 Å². The van der Waals surface area contributed by atoms with Crippen LogP contribution in [0.15, 0.2) is 56.6 Å². The first-order valence-corrected chi connectivity index (χ1v) is 9.77. The van der Waals surface area contributed by atoms with Gasteiger partial charge in [0.05, 0.1) is 11.7 Å². The Hall–Kier alpha value is -2.73. The number of nitrogens with zero attached hydrogens (tertiary/aromatic N) is 1. The molecule has 0 saturated heterocycles. The van der Waals surface area contributed by atoms with Crippen LogP contribution in [0.2, 0.25) is 0 Å². The second-order valence-corrected chi connectivity index (χ2v) is 7.98. The second kappa shape index (κ2) is 5.89. The number of ether oxygens (including phenoxy) is 1. The van der Waals surface area contributed by atoms with Crippen LogP contribution in [0, 0.1) is 6.92 Å². The van der Waals surface area contributed by atoms with Gasteiger partial charge in [-0.3, -0.25) is 4.79 Å². The zero-order valence-electron chi connectivity index (χ0n) is 14.9. The Bertz CT molecular complexity index is 1150. The Labute approximate surface area is 159 Å². The molecular formula is C21H17NO4S. The molecule has 3 aromatic rings. The molecule has 3 heterocycles. The molecule has 2 aromatic carbocycles. The van der Waals surface area contributed by atoms with E-state index >= 15 is 0 Å². The van der Waals surface area contributed by atoms with Gasteiger partial charge >= 0.3 is 11.6 Å². The summed E-state index contributed by atoms with van der Waals surface area (Å²) in [5, 5.41) is 0.533. The normalized spacial score (nSPS) is 20.7. The third-order valence-electron chi connectivity index (χ3n) is 5.24.